The first-order valence-electron chi connectivity index (χ1n) is 8.73. The van der Waals surface area contributed by atoms with Gasteiger partial charge in [-0.25, -0.2) is 4.98 Å². The maximum atomic E-state index is 12.3. The molecule has 11 heteroatoms. The third-order valence-corrected chi connectivity index (χ3v) is 4.43. The van der Waals surface area contributed by atoms with Crippen molar-refractivity contribution in [1.82, 2.24) is 30.3 Å². The van der Waals surface area contributed by atoms with Gasteiger partial charge in [0.1, 0.15) is 6.33 Å². The maximum absolute atomic E-state index is 12.3. The van der Waals surface area contributed by atoms with Crippen LogP contribution in [0.5, 0.6) is 5.75 Å². The van der Waals surface area contributed by atoms with Crippen LogP contribution >= 0.6 is 0 Å². The lowest BCUT2D eigenvalue weighted by atomic mass is 10.1. The Kier molecular flexibility index (Phi) is 4.55. The van der Waals surface area contributed by atoms with E-state index in [9.17, 15) is 9.59 Å². The number of hydrogen-bond donors (Lipinski definition) is 3. The Morgan fingerprint density at radius 1 is 1.31 bits per heavy atom. The number of fused-ring (bicyclic) bond motifs is 1. The van der Waals surface area contributed by atoms with Crippen molar-refractivity contribution in [3.05, 3.63) is 35.8 Å². The molecule has 3 aromatic rings. The van der Waals surface area contributed by atoms with Crippen molar-refractivity contribution in [3.8, 4) is 17.1 Å². The van der Waals surface area contributed by atoms with E-state index in [4.69, 9.17) is 4.74 Å². The molecule has 0 spiro atoms. The van der Waals surface area contributed by atoms with E-state index in [0.717, 1.165) is 0 Å². The topological polar surface area (TPSA) is 136 Å². The second-order valence-electron chi connectivity index (χ2n) is 6.31. The Bertz CT molecular complexity index is 1120. The van der Waals surface area contributed by atoms with Crippen LogP contribution in [0.2, 0.25) is 0 Å². The summed E-state index contributed by atoms with van der Waals surface area (Å²) < 4.78 is 7.20. The highest BCUT2D eigenvalue weighted by atomic mass is 16.5. The molecular formula is C18H18N8O3. The van der Waals surface area contributed by atoms with Gasteiger partial charge >= 0.3 is 0 Å². The number of rotatable bonds is 5. The largest absolute Gasteiger partial charge is 0.494 e. The fourth-order valence-corrected chi connectivity index (χ4v) is 3.12. The number of aromatic nitrogens is 5. The Morgan fingerprint density at radius 2 is 2.14 bits per heavy atom. The van der Waals surface area contributed by atoms with Crippen molar-refractivity contribution >= 4 is 29.0 Å². The zero-order valence-electron chi connectivity index (χ0n) is 16.0. The molecule has 11 nitrogen and oxygen atoms in total. The van der Waals surface area contributed by atoms with E-state index in [1.54, 1.807) is 24.1 Å². The molecular weight excluding hydrogens is 376 g/mol. The zero-order chi connectivity index (χ0) is 20.5. The molecule has 2 aromatic heterocycles. The Hall–Kier alpha value is -4.02. The average molecular weight is 394 g/mol. The van der Waals surface area contributed by atoms with Crippen molar-refractivity contribution in [1.29, 1.82) is 0 Å². The Labute approximate surface area is 165 Å². The standard InChI is InChI=1S/C18H18N8O3/c1-19-18(28)14-13(10-7-12(27)22-17(10)24-23-14)21-11-6-4-5-9(15(11)29-3)16-20-8-26(2)25-16/h4-6,8H,7H2,1-3H3,(H,19,28)(H2,21,22,24,27). The minimum absolute atomic E-state index is 0.0752. The highest BCUT2D eigenvalue weighted by Gasteiger charge is 2.28. The summed E-state index contributed by atoms with van der Waals surface area (Å²) in [5.41, 5.74) is 2.26. The number of ether oxygens (including phenoxy) is 1. The molecule has 0 fully saturated rings. The van der Waals surface area contributed by atoms with E-state index in [0.29, 0.717) is 39.9 Å². The number of para-hydroxylation sites is 1. The first kappa shape index (κ1) is 18.3. The van der Waals surface area contributed by atoms with Gasteiger partial charge in [0, 0.05) is 19.7 Å². The lowest BCUT2D eigenvalue weighted by Gasteiger charge is -2.17. The maximum Gasteiger partial charge on any atom is 0.273 e. The summed E-state index contributed by atoms with van der Waals surface area (Å²) in [4.78, 5) is 28.5. The lowest BCUT2D eigenvalue weighted by molar-refractivity contribution is -0.115. The third kappa shape index (κ3) is 3.22. The minimum atomic E-state index is -0.427. The van der Waals surface area contributed by atoms with Crippen LogP contribution in [-0.4, -0.2) is 50.9 Å². The van der Waals surface area contributed by atoms with Gasteiger partial charge in [-0.3, -0.25) is 14.3 Å². The van der Waals surface area contributed by atoms with Gasteiger partial charge in [0.05, 0.1) is 30.5 Å². The second kappa shape index (κ2) is 7.19. The number of benzene rings is 1. The van der Waals surface area contributed by atoms with E-state index in [1.165, 1.54) is 14.2 Å². The normalized spacial score (nSPS) is 12.3. The molecule has 3 heterocycles. The third-order valence-electron chi connectivity index (χ3n) is 4.43. The molecule has 0 aliphatic carbocycles. The monoisotopic (exact) mass is 394 g/mol. The number of nitrogens with zero attached hydrogens (tertiary/aromatic N) is 5. The molecule has 29 heavy (non-hydrogen) atoms. The van der Waals surface area contributed by atoms with E-state index in [-0.39, 0.29) is 18.0 Å². The van der Waals surface area contributed by atoms with Crippen LogP contribution in [0.4, 0.5) is 17.2 Å². The fourth-order valence-electron chi connectivity index (χ4n) is 3.12. The van der Waals surface area contributed by atoms with Gasteiger partial charge in [0.25, 0.3) is 5.91 Å². The molecule has 3 N–H and O–H groups in total. The molecule has 2 amide bonds. The Balaban J connectivity index is 1.84. The zero-order valence-corrected chi connectivity index (χ0v) is 16.0. The molecule has 0 radical (unpaired) electrons. The quantitative estimate of drug-likeness (QED) is 0.580. The van der Waals surface area contributed by atoms with Crippen LogP contribution in [0.15, 0.2) is 24.5 Å². The van der Waals surface area contributed by atoms with E-state index in [1.807, 2.05) is 12.1 Å². The average Bonchev–Trinajstić information content (AvgIpc) is 3.32. The van der Waals surface area contributed by atoms with Crippen LogP contribution in [0.3, 0.4) is 0 Å². The smallest absolute Gasteiger partial charge is 0.273 e. The van der Waals surface area contributed by atoms with Crippen LogP contribution in [0.1, 0.15) is 16.1 Å². The highest BCUT2D eigenvalue weighted by molar-refractivity contribution is 6.05. The number of aryl methyl sites for hydroxylation is 1. The first-order chi connectivity index (χ1) is 14.0. The summed E-state index contributed by atoms with van der Waals surface area (Å²) in [5.74, 6) is 0.666. The minimum Gasteiger partial charge on any atom is -0.494 e. The summed E-state index contributed by atoms with van der Waals surface area (Å²) in [6.07, 6.45) is 1.68. The number of methoxy groups -OCH3 is 1. The summed E-state index contributed by atoms with van der Waals surface area (Å²) in [7, 11) is 4.81. The van der Waals surface area contributed by atoms with Gasteiger partial charge in [-0.05, 0) is 12.1 Å². The van der Waals surface area contributed by atoms with E-state index < -0.39 is 5.91 Å². The molecule has 1 aromatic carbocycles. The summed E-state index contributed by atoms with van der Waals surface area (Å²) in [6, 6.07) is 5.43. The Morgan fingerprint density at radius 3 is 2.83 bits per heavy atom. The first-order valence-corrected chi connectivity index (χ1v) is 8.73. The number of amides is 2. The van der Waals surface area contributed by atoms with Crippen LogP contribution in [0, 0.1) is 0 Å². The van der Waals surface area contributed by atoms with Crippen LogP contribution < -0.4 is 20.7 Å². The number of carbonyl (C=O) groups is 2. The highest BCUT2D eigenvalue weighted by Crippen LogP contribution is 2.39. The van der Waals surface area contributed by atoms with Crippen molar-refractivity contribution < 1.29 is 14.3 Å². The van der Waals surface area contributed by atoms with Gasteiger partial charge in [-0.15, -0.1) is 10.2 Å². The SMILES string of the molecule is CNC(=O)c1nnc2c(c1Nc1cccc(-c3ncn(C)n3)c1OC)CC(=O)N2. The number of anilines is 3. The molecule has 148 valence electrons. The van der Waals surface area contributed by atoms with Crippen molar-refractivity contribution in [2.75, 3.05) is 24.8 Å². The molecule has 1 aliphatic heterocycles. The van der Waals surface area contributed by atoms with Gasteiger partial charge in [0.15, 0.2) is 23.1 Å². The second-order valence-corrected chi connectivity index (χ2v) is 6.31. The van der Waals surface area contributed by atoms with Crippen molar-refractivity contribution in [3.63, 3.8) is 0 Å². The van der Waals surface area contributed by atoms with Gasteiger partial charge in [-0.1, -0.05) is 6.07 Å². The summed E-state index contributed by atoms with van der Waals surface area (Å²) in [6.45, 7) is 0. The van der Waals surface area contributed by atoms with Crippen molar-refractivity contribution in [2.45, 2.75) is 6.42 Å². The molecule has 0 saturated heterocycles. The van der Waals surface area contributed by atoms with Crippen LogP contribution in [-0.2, 0) is 18.3 Å². The fraction of sp³-hybridized carbons (Fsp3) is 0.222. The van der Waals surface area contributed by atoms with Crippen LogP contribution in [0.25, 0.3) is 11.4 Å². The molecule has 4 rings (SSSR count). The molecule has 1 aliphatic rings. The number of carbonyl (C=O) groups excluding carboxylic acids is 2. The summed E-state index contributed by atoms with van der Waals surface area (Å²) in [5, 5.41) is 20.6. The van der Waals surface area contributed by atoms with Crippen molar-refractivity contribution in [2.24, 2.45) is 7.05 Å². The molecule has 0 saturated carbocycles. The molecule has 0 bridgehead atoms. The van der Waals surface area contributed by atoms with E-state index in [2.05, 4.69) is 36.2 Å². The predicted molar refractivity (Wildman–Crippen MR) is 104 cm³/mol. The van der Waals surface area contributed by atoms with Gasteiger partial charge in [0.2, 0.25) is 5.91 Å². The summed E-state index contributed by atoms with van der Waals surface area (Å²) >= 11 is 0. The number of hydrogen-bond acceptors (Lipinski definition) is 8. The molecule has 0 atom stereocenters. The lowest BCUT2D eigenvalue weighted by Crippen LogP contribution is -2.22. The molecule has 0 unspecified atom stereocenters. The van der Waals surface area contributed by atoms with Gasteiger partial charge < -0.3 is 20.7 Å². The van der Waals surface area contributed by atoms with E-state index >= 15 is 0 Å². The number of nitrogens with one attached hydrogen (secondary N) is 3. The predicted octanol–water partition coefficient (Wildman–Crippen LogP) is 0.878. The van der Waals surface area contributed by atoms with Gasteiger partial charge in [-0.2, -0.15) is 5.10 Å².